The maximum Gasteiger partial charge on any atom is 0.0495 e. The number of piperidine rings is 1. The molecule has 1 aliphatic rings. The molecule has 2 nitrogen and oxygen atoms in total. The number of ether oxygens (including phenoxy) is 1. The second kappa shape index (κ2) is 6.41. The fourth-order valence-corrected chi connectivity index (χ4v) is 2.10. The molecule has 1 unspecified atom stereocenters. The van der Waals surface area contributed by atoms with E-state index in [2.05, 4.69) is 25.7 Å². The maximum absolute atomic E-state index is 5.48. The molecule has 0 amide bonds. The zero-order valence-corrected chi connectivity index (χ0v) is 9.96. The Kier molecular flexibility index (Phi) is 5.49. The van der Waals surface area contributed by atoms with Gasteiger partial charge in [-0.25, -0.2) is 0 Å². The first-order valence-electron chi connectivity index (χ1n) is 6.09. The lowest BCUT2D eigenvalue weighted by Gasteiger charge is -2.35. The minimum Gasteiger partial charge on any atom is -0.381 e. The van der Waals surface area contributed by atoms with E-state index in [0.29, 0.717) is 0 Å². The lowest BCUT2D eigenvalue weighted by Crippen LogP contribution is -2.40. The zero-order chi connectivity index (χ0) is 10.4. The van der Waals surface area contributed by atoms with Crippen molar-refractivity contribution in [1.82, 2.24) is 4.90 Å². The van der Waals surface area contributed by atoms with Gasteiger partial charge in [-0.2, -0.15) is 0 Å². The Morgan fingerprint density at radius 1 is 1.29 bits per heavy atom. The van der Waals surface area contributed by atoms with Gasteiger partial charge < -0.3 is 9.64 Å². The van der Waals surface area contributed by atoms with Gasteiger partial charge in [0.15, 0.2) is 0 Å². The van der Waals surface area contributed by atoms with Gasteiger partial charge in [-0.15, -0.1) is 0 Å². The molecular weight excluding hydrogens is 174 g/mol. The molecule has 1 saturated heterocycles. The van der Waals surface area contributed by atoms with Gasteiger partial charge in [-0.3, -0.25) is 0 Å². The molecule has 2 heteroatoms. The van der Waals surface area contributed by atoms with Crippen molar-refractivity contribution >= 4 is 0 Å². The number of nitrogens with zero attached hydrogens (tertiary/aromatic N) is 1. The average molecular weight is 199 g/mol. The van der Waals surface area contributed by atoms with Crippen LogP contribution in [0.1, 0.15) is 40.0 Å². The molecule has 0 aromatic rings. The monoisotopic (exact) mass is 199 g/mol. The van der Waals surface area contributed by atoms with E-state index in [1.165, 1.54) is 32.4 Å². The number of hydrogen-bond acceptors (Lipinski definition) is 2. The summed E-state index contributed by atoms with van der Waals surface area (Å²) in [4.78, 5) is 2.61. The highest BCUT2D eigenvalue weighted by Crippen LogP contribution is 2.19. The fourth-order valence-electron chi connectivity index (χ4n) is 2.10. The highest BCUT2D eigenvalue weighted by Gasteiger charge is 2.21. The van der Waals surface area contributed by atoms with E-state index in [4.69, 9.17) is 4.74 Å². The third-order valence-corrected chi connectivity index (χ3v) is 3.42. The molecule has 0 bridgehead atoms. The molecule has 0 aromatic heterocycles. The van der Waals surface area contributed by atoms with Crippen molar-refractivity contribution in [1.29, 1.82) is 0 Å². The Labute approximate surface area is 88.6 Å². The molecule has 0 spiro atoms. The third-order valence-electron chi connectivity index (χ3n) is 3.42. The molecule has 1 heterocycles. The van der Waals surface area contributed by atoms with Crippen molar-refractivity contribution in [2.24, 2.45) is 5.92 Å². The van der Waals surface area contributed by atoms with E-state index in [-0.39, 0.29) is 0 Å². The van der Waals surface area contributed by atoms with Crippen molar-refractivity contribution in [2.45, 2.75) is 46.1 Å². The predicted octanol–water partition coefficient (Wildman–Crippen LogP) is 2.53. The molecule has 1 atom stereocenters. The van der Waals surface area contributed by atoms with Crippen LogP contribution in [-0.4, -0.2) is 37.2 Å². The molecule has 0 radical (unpaired) electrons. The summed E-state index contributed by atoms with van der Waals surface area (Å²) < 4.78 is 5.48. The average Bonchev–Trinajstić information content (AvgIpc) is 2.26. The molecule has 1 aliphatic heterocycles. The minimum atomic E-state index is 0.767. The summed E-state index contributed by atoms with van der Waals surface area (Å²) in [7, 11) is 0. The topological polar surface area (TPSA) is 12.5 Å². The van der Waals surface area contributed by atoms with E-state index in [9.17, 15) is 0 Å². The van der Waals surface area contributed by atoms with Crippen molar-refractivity contribution < 1.29 is 4.74 Å². The molecule has 14 heavy (non-hydrogen) atoms. The second-order valence-electron chi connectivity index (χ2n) is 4.40. The maximum atomic E-state index is 5.48. The van der Waals surface area contributed by atoms with Gasteiger partial charge in [0.2, 0.25) is 0 Å². The normalized spacial score (nSPS) is 22.5. The van der Waals surface area contributed by atoms with Crippen LogP contribution in [0.25, 0.3) is 0 Å². The van der Waals surface area contributed by atoms with Crippen LogP contribution >= 0.6 is 0 Å². The predicted molar refractivity (Wildman–Crippen MR) is 60.5 cm³/mol. The summed E-state index contributed by atoms with van der Waals surface area (Å²) in [5.41, 5.74) is 0. The van der Waals surface area contributed by atoms with Gasteiger partial charge in [0.25, 0.3) is 0 Å². The Balaban J connectivity index is 2.17. The van der Waals surface area contributed by atoms with Crippen LogP contribution in [0.2, 0.25) is 0 Å². The van der Waals surface area contributed by atoms with E-state index < -0.39 is 0 Å². The van der Waals surface area contributed by atoms with Crippen LogP contribution in [0, 0.1) is 5.92 Å². The lowest BCUT2D eigenvalue weighted by molar-refractivity contribution is 0.0629. The van der Waals surface area contributed by atoms with Crippen molar-refractivity contribution in [3.05, 3.63) is 0 Å². The van der Waals surface area contributed by atoms with Gasteiger partial charge >= 0.3 is 0 Å². The van der Waals surface area contributed by atoms with Crippen LogP contribution in [-0.2, 0) is 4.74 Å². The Bertz CT molecular complexity index is 141. The highest BCUT2D eigenvalue weighted by atomic mass is 16.5. The van der Waals surface area contributed by atoms with E-state index in [1.54, 1.807) is 0 Å². The first-order chi connectivity index (χ1) is 6.77. The van der Waals surface area contributed by atoms with E-state index >= 15 is 0 Å². The summed E-state index contributed by atoms with van der Waals surface area (Å²) in [5.74, 6) is 0.815. The molecule has 0 saturated carbocycles. The van der Waals surface area contributed by atoms with Crippen LogP contribution in [0.15, 0.2) is 0 Å². The Morgan fingerprint density at radius 3 is 2.43 bits per heavy atom. The summed E-state index contributed by atoms with van der Waals surface area (Å²) in [6, 6.07) is 0.767. The molecule has 0 N–H and O–H groups in total. The smallest absolute Gasteiger partial charge is 0.0495 e. The summed E-state index contributed by atoms with van der Waals surface area (Å²) >= 11 is 0. The van der Waals surface area contributed by atoms with Crippen LogP contribution in [0.3, 0.4) is 0 Å². The standard InChI is InChI=1S/C12H25NO/c1-4-11(3)13-8-6-12(7-9-13)10-14-5-2/h11-12H,4-10H2,1-3H3. The summed E-state index contributed by atoms with van der Waals surface area (Å²) in [5, 5.41) is 0. The number of likely N-dealkylation sites (tertiary alicyclic amines) is 1. The molecule has 0 aliphatic carbocycles. The van der Waals surface area contributed by atoms with Crippen LogP contribution < -0.4 is 0 Å². The van der Waals surface area contributed by atoms with Gasteiger partial charge in [0.05, 0.1) is 0 Å². The Morgan fingerprint density at radius 2 is 1.93 bits per heavy atom. The fraction of sp³-hybridized carbons (Fsp3) is 1.00. The van der Waals surface area contributed by atoms with Gasteiger partial charge in [-0.1, -0.05) is 6.92 Å². The van der Waals surface area contributed by atoms with E-state index in [1.807, 2.05) is 0 Å². The summed E-state index contributed by atoms with van der Waals surface area (Å²) in [6.45, 7) is 11.1. The first kappa shape index (κ1) is 12.0. The SMILES string of the molecule is CCOCC1CCN(C(C)CC)CC1. The van der Waals surface area contributed by atoms with Crippen molar-refractivity contribution in [3.63, 3.8) is 0 Å². The highest BCUT2D eigenvalue weighted by molar-refractivity contribution is 4.75. The minimum absolute atomic E-state index is 0.767. The number of rotatable bonds is 5. The van der Waals surface area contributed by atoms with Gasteiger partial charge in [0.1, 0.15) is 0 Å². The van der Waals surface area contributed by atoms with E-state index in [0.717, 1.165) is 25.2 Å². The largest absolute Gasteiger partial charge is 0.381 e. The zero-order valence-electron chi connectivity index (χ0n) is 9.96. The second-order valence-corrected chi connectivity index (χ2v) is 4.40. The summed E-state index contributed by atoms with van der Waals surface area (Å²) in [6.07, 6.45) is 3.92. The lowest BCUT2D eigenvalue weighted by atomic mass is 9.96. The number of hydrogen-bond donors (Lipinski definition) is 0. The molecule has 84 valence electrons. The van der Waals surface area contributed by atoms with Crippen LogP contribution in [0.4, 0.5) is 0 Å². The van der Waals surface area contributed by atoms with Crippen LogP contribution in [0.5, 0.6) is 0 Å². The van der Waals surface area contributed by atoms with Gasteiger partial charge in [0, 0.05) is 19.3 Å². The quantitative estimate of drug-likeness (QED) is 0.674. The van der Waals surface area contributed by atoms with Crippen molar-refractivity contribution in [3.8, 4) is 0 Å². The third kappa shape index (κ3) is 3.58. The van der Waals surface area contributed by atoms with Gasteiger partial charge in [-0.05, 0) is 52.1 Å². The van der Waals surface area contributed by atoms with Crippen molar-refractivity contribution in [2.75, 3.05) is 26.3 Å². The molecule has 1 rings (SSSR count). The molecule has 0 aromatic carbocycles. The molecular formula is C12H25NO. The Hall–Kier alpha value is -0.0800. The molecule has 1 fully saturated rings. The first-order valence-corrected chi connectivity index (χ1v) is 6.09.